The number of rotatable bonds is 5. The van der Waals surface area contributed by atoms with E-state index in [-0.39, 0.29) is 18.8 Å². The van der Waals surface area contributed by atoms with E-state index in [1.54, 1.807) is 0 Å². The van der Waals surface area contributed by atoms with Gasteiger partial charge in [0.1, 0.15) is 6.42 Å². The smallest absolute Gasteiger partial charge is 0.317 e. The van der Waals surface area contributed by atoms with Gasteiger partial charge in [-0.3, -0.25) is 9.59 Å². The Labute approximate surface area is 112 Å². The number of benzene rings is 1. The van der Waals surface area contributed by atoms with Crippen LogP contribution in [0.15, 0.2) is 24.3 Å². The molecule has 0 radical (unpaired) electrons. The molecule has 0 aliphatic heterocycles. The number of methoxy groups -OCH3 is 1. The minimum atomic E-state index is -0.773. The molecule has 0 saturated heterocycles. The summed E-state index contributed by atoms with van der Waals surface area (Å²) in [5.41, 5.74) is 1.91. The largest absolute Gasteiger partial charge is 0.481 e. The maximum atomic E-state index is 10.9. The Morgan fingerprint density at radius 2 is 1.95 bits per heavy atom. The summed E-state index contributed by atoms with van der Waals surface area (Å²) >= 11 is 0. The standard InChI is InChI=1S/C15H16O4/c1-19-15(18)7-3-5-13-10-8-12(9-11-13)4-2-6-14(16)17/h8-11H,2,4,6-7H2,1H3,(H,16,17). The number of carbonyl (C=O) groups is 2. The van der Waals surface area contributed by atoms with Crippen molar-refractivity contribution in [2.24, 2.45) is 0 Å². The van der Waals surface area contributed by atoms with Crippen molar-refractivity contribution in [1.82, 2.24) is 0 Å². The SMILES string of the molecule is COC(=O)CC#Cc1ccc(CCCC(=O)O)cc1. The average Bonchev–Trinajstić information content (AvgIpc) is 2.40. The summed E-state index contributed by atoms with van der Waals surface area (Å²) in [5, 5.41) is 8.54. The Morgan fingerprint density at radius 1 is 1.26 bits per heavy atom. The van der Waals surface area contributed by atoms with Crippen molar-refractivity contribution in [3.8, 4) is 11.8 Å². The molecule has 0 amide bonds. The number of carbonyl (C=O) groups excluding carboxylic acids is 1. The first kappa shape index (κ1) is 14.8. The van der Waals surface area contributed by atoms with Crippen molar-refractivity contribution < 1.29 is 19.4 Å². The fraction of sp³-hybridized carbons (Fsp3) is 0.333. The molecule has 19 heavy (non-hydrogen) atoms. The first-order chi connectivity index (χ1) is 9.11. The molecular weight excluding hydrogens is 244 g/mol. The summed E-state index contributed by atoms with van der Waals surface area (Å²) in [7, 11) is 1.33. The van der Waals surface area contributed by atoms with Crippen molar-refractivity contribution in [2.75, 3.05) is 7.11 Å². The Hall–Kier alpha value is -2.28. The Balaban J connectivity index is 2.47. The van der Waals surface area contributed by atoms with E-state index in [0.29, 0.717) is 6.42 Å². The van der Waals surface area contributed by atoms with Gasteiger partial charge in [-0.2, -0.15) is 0 Å². The van der Waals surface area contributed by atoms with Crippen LogP contribution in [-0.2, 0) is 20.7 Å². The molecular formula is C15H16O4. The lowest BCUT2D eigenvalue weighted by molar-refractivity contribution is -0.139. The van der Waals surface area contributed by atoms with E-state index in [9.17, 15) is 9.59 Å². The maximum Gasteiger partial charge on any atom is 0.317 e. The minimum Gasteiger partial charge on any atom is -0.481 e. The van der Waals surface area contributed by atoms with Crippen molar-refractivity contribution in [3.05, 3.63) is 35.4 Å². The molecule has 0 aliphatic carbocycles. The van der Waals surface area contributed by atoms with Gasteiger partial charge in [-0.1, -0.05) is 24.0 Å². The van der Waals surface area contributed by atoms with Crippen LogP contribution in [-0.4, -0.2) is 24.2 Å². The van der Waals surface area contributed by atoms with Gasteiger partial charge in [0.25, 0.3) is 0 Å². The Bertz CT molecular complexity index is 491. The third-order valence-electron chi connectivity index (χ3n) is 2.50. The number of esters is 1. The molecule has 0 saturated carbocycles. The van der Waals surface area contributed by atoms with Crippen molar-refractivity contribution in [1.29, 1.82) is 0 Å². The molecule has 1 aromatic rings. The third kappa shape index (κ3) is 6.27. The molecule has 1 N–H and O–H groups in total. The van der Waals surface area contributed by atoms with Crippen LogP contribution in [0.2, 0.25) is 0 Å². The second-order valence-corrected chi connectivity index (χ2v) is 4.00. The van der Waals surface area contributed by atoms with Gasteiger partial charge in [0.2, 0.25) is 0 Å². The lowest BCUT2D eigenvalue weighted by atomic mass is 10.1. The van der Waals surface area contributed by atoms with Crippen molar-refractivity contribution in [3.63, 3.8) is 0 Å². The molecule has 0 aromatic heterocycles. The van der Waals surface area contributed by atoms with Gasteiger partial charge >= 0.3 is 11.9 Å². The maximum absolute atomic E-state index is 10.9. The molecule has 4 heteroatoms. The first-order valence-electron chi connectivity index (χ1n) is 5.98. The highest BCUT2D eigenvalue weighted by Crippen LogP contribution is 2.07. The summed E-state index contributed by atoms with van der Waals surface area (Å²) in [6, 6.07) is 7.56. The number of carboxylic acid groups (broad SMARTS) is 1. The van der Waals surface area contributed by atoms with E-state index in [4.69, 9.17) is 5.11 Å². The third-order valence-corrected chi connectivity index (χ3v) is 2.50. The second-order valence-electron chi connectivity index (χ2n) is 4.00. The van der Waals surface area contributed by atoms with Crippen LogP contribution >= 0.6 is 0 Å². The van der Waals surface area contributed by atoms with E-state index >= 15 is 0 Å². The van der Waals surface area contributed by atoms with Gasteiger partial charge in [-0.15, -0.1) is 0 Å². The molecule has 0 aliphatic rings. The molecule has 0 atom stereocenters. The van der Waals surface area contributed by atoms with Crippen molar-refractivity contribution >= 4 is 11.9 Å². The van der Waals surface area contributed by atoms with Crippen LogP contribution in [0.5, 0.6) is 0 Å². The highest BCUT2D eigenvalue weighted by Gasteiger charge is 1.98. The predicted molar refractivity (Wildman–Crippen MR) is 70.5 cm³/mol. The number of ether oxygens (including phenoxy) is 1. The predicted octanol–water partition coefficient (Wildman–Crippen LogP) is 2.01. The van der Waals surface area contributed by atoms with Gasteiger partial charge in [0.05, 0.1) is 7.11 Å². The van der Waals surface area contributed by atoms with Crippen LogP contribution < -0.4 is 0 Å². The summed E-state index contributed by atoms with van der Waals surface area (Å²) in [6.07, 6.45) is 1.63. The fourth-order valence-electron chi connectivity index (χ4n) is 1.49. The van der Waals surface area contributed by atoms with Gasteiger partial charge < -0.3 is 9.84 Å². The minimum absolute atomic E-state index is 0.0802. The molecule has 0 spiro atoms. The van der Waals surface area contributed by atoms with Crippen LogP contribution in [0.1, 0.15) is 30.4 Å². The molecule has 4 nitrogen and oxygen atoms in total. The van der Waals surface area contributed by atoms with Gasteiger partial charge in [-0.05, 0) is 30.5 Å². The summed E-state index contributed by atoms with van der Waals surface area (Å²) in [4.78, 5) is 21.2. The van der Waals surface area contributed by atoms with Crippen LogP contribution in [0.4, 0.5) is 0 Å². The number of aryl methyl sites for hydroxylation is 1. The number of carboxylic acids is 1. The topological polar surface area (TPSA) is 63.6 Å². The number of hydrogen-bond donors (Lipinski definition) is 1. The van der Waals surface area contributed by atoms with E-state index in [1.165, 1.54) is 7.11 Å². The monoisotopic (exact) mass is 260 g/mol. The molecule has 0 bridgehead atoms. The normalized spacial score (nSPS) is 9.32. The van der Waals surface area contributed by atoms with E-state index in [1.807, 2.05) is 24.3 Å². The van der Waals surface area contributed by atoms with E-state index in [2.05, 4.69) is 16.6 Å². The second kappa shape index (κ2) is 7.93. The zero-order valence-corrected chi connectivity index (χ0v) is 10.8. The Kier molecular flexibility index (Phi) is 6.17. The Morgan fingerprint density at radius 3 is 2.53 bits per heavy atom. The molecule has 0 unspecified atom stereocenters. The highest BCUT2D eigenvalue weighted by molar-refractivity contribution is 5.72. The molecule has 0 fully saturated rings. The zero-order chi connectivity index (χ0) is 14.1. The van der Waals surface area contributed by atoms with Crippen LogP contribution in [0.3, 0.4) is 0 Å². The molecule has 0 heterocycles. The summed E-state index contributed by atoms with van der Waals surface area (Å²) in [5.74, 6) is 4.47. The molecule has 1 rings (SSSR count). The molecule has 100 valence electrons. The van der Waals surface area contributed by atoms with Crippen LogP contribution in [0.25, 0.3) is 0 Å². The quantitative estimate of drug-likeness (QED) is 0.649. The fourth-order valence-corrected chi connectivity index (χ4v) is 1.49. The average molecular weight is 260 g/mol. The number of hydrogen-bond acceptors (Lipinski definition) is 3. The molecule has 1 aromatic carbocycles. The van der Waals surface area contributed by atoms with E-state index < -0.39 is 5.97 Å². The van der Waals surface area contributed by atoms with Gasteiger partial charge in [0.15, 0.2) is 0 Å². The lowest BCUT2D eigenvalue weighted by Crippen LogP contribution is -1.97. The number of aliphatic carboxylic acids is 1. The van der Waals surface area contributed by atoms with Crippen molar-refractivity contribution in [2.45, 2.75) is 25.7 Å². The van der Waals surface area contributed by atoms with E-state index in [0.717, 1.165) is 17.5 Å². The van der Waals surface area contributed by atoms with Gasteiger partial charge in [-0.25, -0.2) is 0 Å². The first-order valence-corrected chi connectivity index (χ1v) is 5.98. The van der Waals surface area contributed by atoms with Gasteiger partial charge in [0, 0.05) is 12.0 Å². The zero-order valence-electron chi connectivity index (χ0n) is 10.8. The summed E-state index contributed by atoms with van der Waals surface area (Å²) in [6.45, 7) is 0. The highest BCUT2D eigenvalue weighted by atomic mass is 16.5. The summed E-state index contributed by atoms with van der Waals surface area (Å²) < 4.78 is 4.48. The lowest BCUT2D eigenvalue weighted by Gasteiger charge is -1.99. The van der Waals surface area contributed by atoms with Crippen LogP contribution in [0, 0.1) is 11.8 Å².